The molecule has 0 unspecified atom stereocenters. The molecule has 2 N–H and O–H groups in total. The van der Waals surface area contributed by atoms with Crippen LogP contribution in [0, 0.1) is 0 Å². The molecule has 2 aromatic carbocycles. The molecule has 0 fully saturated rings. The topological polar surface area (TPSA) is 70.7 Å². The van der Waals surface area contributed by atoms with Crippen LogP contribution in [0.3, 0.4) is 0 Å². The van der Waals surface area contributed by atoms with Gasteiger partial charge in [-0.15, -0.1) is 0 Å². The van der Waals surface area contributed by atoms with E-state index in [0.29, 0.717) is 23.9 Å². The number of nitrogens with zero attached hydrogens (tertiary/aromatic N) is 1. The van der Waals surface area contributed by atoms with E-state index in [-0.39, 0.29) is 18.4 Å². The van der Waals surface area contributed by atoms with Gasteiger partial charge in [-0.05, 0) is 23.8 Å². The predicted molar refractivity (Wildman–Crippen MR) is 100 cm³/mol. The fraction of sp³-hybridized carbons (Fsp3) is 0.263. The van der Waals surface area contributed by atoms with Gasteiger partial charge in [0.25, 0.3) is 5.91 Å². The summed E-state index contributed by atoms with van der Waals surface area (Å²) in [5.41, 5.74) is 1.65. The van der Waals surface area contributed by atoms with Gasteiger partial charge in [-0.2, -0.15) is 0 Å². The molecule has 2 amide bonds. The zero-order valence-corrected chi connectivity index (χ0v) is 15.1. The lowest BCUT2D eigenvalue weighted by Crippen LogP contribution is -2.50. The molecule has 2 aromatic rings. The summed E-state index contributed by atoms with van der Waals surface area (Å²) in [6, 6.07) is 14.7. The zero-order chi connectivity index (χ0) is 18.5. The second-order valence-corrected chi connectivity index (χ2v) is 6.34. The van der Waals surface area contributed by atoms with E-state index in [1.54, 1.807) is 19.2 Å². The molecule has 1 aliphatic rings. The summed E-state index contributed by atoms with van der Waals surface area (Å²) >= 11 is 6.11. The van der Waals surface area contributed by atoms with Crippen LogP contribution in [0.2, 0.25) is 5.02 Å². The fourth-order valence-electron chi connectivity index (χ4n) is 2.82. The van der Waals surface area contributed by atoms with Gasteiger partial charge in [0.2, 0.25) is 5.91 Å². The molecule has 0 spiro atoms. The Morgan fingerprint density at radius 2 is 1.92 bits per heavy atom. The number of ether oxygens (including phenoxy) is 1. The summed E-state index contributed by atoms with van der Waals surface area (Å²) in [6.07, 6.45) is -0.661. The lowest BCUT2D eigenvalue weighted by Gasteiger charge is -2.35. The van der Waals surface area contributed by atoms with E-state index in [2.05, 4.69) is 10.6 Å². The van der Waals surface area contributed by atoms with Crippen LogP contribution in [-0.2, 0) is 16.1 Å². The summed E-state index contributed by atoms with van der Waals surface area (Å²) in [7, 11) is 1.56. The lowest BCUT2D eigenvalue weighted by molar-refractivity contribution is -0.127. The largest absolute Gasteiger partial charge is 0.477 e. The van der Waals surface area contributed by atoms with Gasteiger partial charge in [-0.1, -0.05) is 41.9 Å². The molecule has 0 saturated heterocycles. The van der Waals surface area contributed by atoms with E-state index in [4.69, 9.17) is 16.3 Å². The van der Waals surface area contributed by atoms with Crippen LogP contribution in [0.4, 0.5) is 5.69 Å². The zero-order valence-electron chi connectivity index (χ0n) is 14.4. The highest BCUT2D eigenvalue weighted by Crippen LogP contribution is 2.32. The second-order valence-electron chi connectivity index (χ2n) is 5.94. The molecule has 1 atom stereocenters. The smallest absolute Gasteiger partial charge is 0.262 e. The summed E-state index contributed by atoms with van der Waals surface area (Å²) in [6.45, 7) is 0.776. The number of fused-ring (bicyclic) bond motifs is 1. The van der Waals surface area contributed by atoms with Gasteiger partial charge in [-0.3, -0.25) is 9.59 Å². The van der Waals surface area contributed by atoms with Gasteiger partial charge in [0.15, 0.2) is 6.10 Å². The first kappa shape index (κ1) is 18.1. The van der Waals surface area contributed by atoms with Gasteiger partial charge in [0.05, 0.1) is 18.8 Å². The third-order valence-corrected chi connectivity index (χ3v) is 4.54. The first-order valence-corrected chi connectivity index (χ1v) is 8.68. The molecule has 26 heavy (non-hydrogen) atoms. The van der Waals surface area contributed by atoms with Crippen LogP contribution < -0.4 is 20.3 Å². The molecular formula is C19H20ClN3O3. The van der Waals surface area contributed by atoms with Crippen molar-refractivity contribution >= 4 is 29.1 Å². The Morgan fingerprint density at radius 3 is 2.69 bits per heavy atom. The van der Waals surface area contributed by atoms with E-state index in [0.717, 1.165) is 11.3 Å². The van der Waals surface area contributed by atoms with E-state index >= 15 is 0 Å². The number of carbonyl (C=O) groups is 2. The maximum absolute atomic E-state index is 12.4. The highest BCUT2D eigenvalue weighted by atomic mass is 35.5. The number of amides is 2. The predicted octanol–water partition coefficient (Wildman–Crippen LogP) is 1.97. The van der Waals surface area contributed by atoms with Gasteiger partial charge < -0.3 is 20.3 Å². The number of nitrogens with one attached hydrogen (secondary N) is 2. The molecule has 0 bridgehead atoms. The first-order valence-electron chi connectivity index (χ1n) is 8.31. The van der Waals surface area contributed by atoms with Crippen molar-refractivity contribution in [3.8, 4) is 5.75 Å². The van der Waals surface area contributed by atoms with Crippen molar-refractivity contribution in [1.82, 2.24) is 10.6 Å². The maximum atomic E-state index is 12.4. The highest BCUT2D eigenvalue weighted by Gasteiger charge is 2.30. The van der Waals surface area contributed by atoms with Crippen LogP contribution in [0.25, 0.3) is 0 Å². The van der Waals surface area contributed by atoms with Crippen molar-refractivity contribution < 1.29 is 14.3 Å². The number of carbonyl (C=O) groups excluding carboxylic acids is 2. The van der Waals surface area contributed by atoms with Crippen molar-refractivity contribution in [2.24, 2.45) is 0 Å². The molecule has 0 saturated carbocycles. The Kier molecular flexibility index (Phi) is 5.63. The minimum atomic E-state index is -0.661. The van der Waals surface area contributed by atoms with Crippen molar-refractivity contribution in [2.75, 3.05) is 25.0 Å². The van der Waals surface area contributed by atoms with Gasteiger partial charge in [-0.25, -0.2) is 0 Å². The second kappa shape index (κ2) is 8.10. The summed E-state index contributed by atoms with van der Waals surface area (Å²) in [5, 5.41) is 6.07. The van der Waals surface area contributed by atoms with Crippen molar-refractivity contribution in [2.45, 2.75) is 12.6 Å². The monoisotopic (exact) mass is 373 g/mol. The molecule has 0 aliphatic carbocycles. The number of halogens is 1. The van der Waals surface area contributed by atoms with Gasteiger partial charge >= 0.3 is 0 Å². The van der Waals surface area contributed by atoms with E-state index in [1.165, 1.54) is 0 Å². The SMILES string of the molecule is CNC(=O)[C@H]1CN(CC(=O)NCc2ccccc2Cl)c2ccccc2O1. The van der Waals surface area contributed by atoms with Crippen LogP contribution in [0.5, 0.6) is 5.75 Å². The normalized spacial score (nSPS) is 15.6. The van der Waals surface area contributed by atoms with Crippen molar-refractivity contribution in [3.05, 3.63) is 59.1 Å². The number of likely N-dealkylation sites (N-methyl/N-ethyl adjacent to an activating group) is 1. The summed E-state index contributed by atoms with van der Waals surface area (Å²) in [4.78, 5) is 26.2. The molecule has 3 rings (SSSR count). The van der Waals surface area contributed by atoms with E-state index in [9.17, 15) is 9.59 Å². The molecule has 1 aliphatic heterocycles. The molecule has 1 heterocycles. The quantitative estimate of drug-likeness (QED) is 0.840. The molecule has 7 heteroatoms. The van der Waals surface area contributed by atoms with Crippen LogP contribution in [0.15, 0.2) is 48.5 Å². The third-order valence-electron chi connectivity index (χ3n) is 4.17. The molecule has 0 radical (unpaired) electrons. The number of hydrogen-bond donors (Lipinski definition) is 2. The van der Waals surface area contributed by atoms with Gasteiger partial charge in [0.1, 0.15) is 5.75 Å². The Balaban J connectivity index is 1.68. The van der Waals surface area contributed by atoms with Crippen molar-refractivity contribution in [3.63, 3.8) is 0 Å². The van der Waals surface area contributed by atoms with E-state index in [1.807, 2.05) is 41.3 Å². The Bertz CT molecular complexity index is 812. The fourth-order valence-corrected chi connectivity index (χ4v) is 3.02. The van der Waals surface area contributed by atoms with Crippen LogP contribution in [0.1, 0.15) is 5.56 Å². The number of rotatable bonds is 5. The molecular weight excluding hydrogens is 354 g/mol. The maximum Gasteiger partial charge on any atom is 0.262 e. The third kappa shape index (κ3) is 4.08. The van der Waals surface area contributed by atoms with Gasteiger partial charge in [0, 0.05) is 18.6 Å². The van der Waals surface area contributed by atoms with Crippen LogP contribution >= 0.6 is 11.6 Å². The molecule has 6 nitrogen and oxygen atoms in total. The average Bonchev–Trinajstić information content (AvgIpc) is 2.66. The number of anilines is 1. The Hall–Kier alpha value is -2.73. The number of hydrogen-bond acceptors (Lipinski definition) is 4. The summed E-state index contributed by atoms with van der Waals surface area (Å²) in [5.74, 6) is 0.213. The number of para-hydroxylation sites is 2. The molecule has 136 valence electrons. The Labute approximate surface area is 157 Å². The first-order chi connectivity index (χ1) is 12.6. The van der Waals surface area contributed by atoms with Crippen LogP contribution in [-0.4, -0.2) is 38.1 Å². The minimum Gasteiger partial charge on any atom is -0.477 e. The van der Waals surface area contributed by atoms with Crippen molar-refractivity contribution in [1.29, 1.82) is 0 Å². The standard InChI is InChI=1S/C19H20ClN3O3/c1-21-19(25)17-11-23(15-8-4-5-9-16(15)26-17)12-18(24)22-10-13-6-2-3-7-14(13)20/h2-9,17H,10-12H2,1H3,(H,21,25)(H,22,24)/t17-/m1/s1. The average molecular weight is 374 g/mol. The lowest BCUT2D eigenvalue weighted by atomic mass is 10.1. The highest BCUT2D eigenvalue weighted by molar-refractivity contribution is 6.31. The van der Waals surface area contributed by atoms with E-state index < -0.39 is 6.10 Å². The number of benzene rings is 2. The summed E-state index contributed by atoms with van der Waals surface area (Å²) < 4.78 is 5.74. The molecule has 0 aromatic heterocycles. The Morgan fingerprint density at radius 1 is 1.19 bits per heavy atom. The minimum absolute atomic E-state index is 0.123.